The van der Waals surface area contributed by atoms with E-state index in [1.165, 1.54) is 19.3 Å². The van der Waals surface area contributed by atoms with E-state index < -0.39 is 10.8 Å². The van der Waals surface area contributed by atoms with Crippen molar-refractivity contribution in [3.05, 3.63) is 23.8 Å². The fourth-order valence-corrected chi connectivity index (χ4v) is 3.70. The molecule has 3 heteroatoms. The van der Waals surface area contributed by atoms with Crippen molar-refractivity contribution in [2.75, 3.05) is 11.5 Å². The molecule has 0 bridgehead atoms. The van der Waals surface area contributed by atoms with Crippen molar-refractivity contribution in [1.82, 2.24) is 0 Å². The van der Waals surface area contributed by atoms with Gasteiger partial charge in [-0.15, -0.1) is 0 Å². The highest BCUT2D eigenvalue weighted by molar-refractivity contribution is 7.85. The minimum absolute atomic E-state index is 0.547. The van der Waals surface area contributed by atoms with E-state index in [0.29, 0.717) is 11.6 Å². The Morgan fingerprint density at radius 2 is 2.06 bits per heavy atom. The summed E-state index contributed by atoms with van der Waals surface area (Å²) in [5.41, 5.74) is 7.72. The summed E-state index contributed by atoms with van der Waals surface area (Å²) in [6, 6.07) is 5.79. The van der Waals surface area contributed by atoms with Crippen LogP contribution in [0.5, 0.6) is 0 Å². The van der Waals surface area contributed by atoms with Crippen molar-refractivity contribution in [2.45, 2.75) is 51.3 Å². The molecule has 0 aliphatic rings. The first-order valence-corrected chi connectivity index (χ1v) is 8.15. The Bertz CT molecular complexity index is 403. The number of nitrogens with two attached hydrogens (primary N) is 1. The van der Waals surface area contributed by atoms with Crippen molar-refractivity contribution in [2.24, 2.45) is 5.92 Å². The van der Waals surface area contributed by atoms with Gasteiger partial charge < -0.3 is 5.73 Å². The second kappa shape index (κ2) is 7.57. The minimum atomic E-state index is -0.964. The maximum atomic E-state index is 12.4. The highest BCUT2D eigenvalue weighted by Gasteiger charge is 2.14. The van der Waals surface area contributed by atoms with Crippen molar-refractivity contribution < 1.29 is 4.21 Å². The van der Waals surface area contributed by atoms with Gasteiger partial charge in [0.15, 0.2) is 0 Å². The highest BCUT2D eigenvalue weighted by atomic mass is 32.2. The zero-order valence-electron chi connectivity index (χ0n) is 11.7. The number of hydrogen-bond donors (Lipinski definition) is 1. The number of benzene rings is 1. The largest absolute Gasteiger partial charge is 0.398 e. The minimum Gasteiger partial charge on any atom is -0.398 e. The lowest BCUT2D eigenvalue weighted by Crippen LogP contribution is -2.12. The Kier molecular flexibility index (Phi) is 6.41. The molecular weight excluding hydrogens is 242 g/mol. The lowest BCUT2D eigenvalue weighted by molar-refractivity contribution is 0.494. The van der Waals surface area contributed by atoms with Gasteiger partial charge in [-0.3, -0.25) is 4.21 Å². The first kappa shape index (κ1) is 15.2. The van der Waals surface area contributed by atoms with Crippen molar-refractivity contribution >= 4 is 16.5 Å². The third-order valence-corrected chi connectivity index (χ3v) is 5.08. The Morgan fingerprint density at radius 1 is 1.33 bits per heavy atom. The quantitative estimate of drug-likeness (QED) is 0.761. The summed E-state index contributed by atoms with van der Waals surface area (Å²) in [4.78, 5) is 0.810. The van der Waals surface area contributed by atoms with Gasteiger partial charge in [0.2, 0.25) is 0 Å². The molecular formula is C15H25NOS. The van der Waals surface area contributed by atoms with E-state index in [2.05, 4.69) is 13.8 Å². The number of para-hydroxylation sites is 1. The van der Waals surface area contributed by atoms with E-state index in [1.54, 1.807) is 0 Å². The fraction of sp³-hybridized carbons (Fsp3) is 0.600. The van der Waals surface area contributed by atoms with E-state index in [0.717, 1.165) is 22.6 Å². The topological polar surface area (TPSA) is 43.1 Å². The smallest absolute Gasteiger partial charge is 0.0620 e. The van der Waals surface area contributed by atoms with Crippen molar-refractivity contribution in [3.63, 3.8) is 0 Å². The van der Waals surface area contributed by atoms with Gasteiger partial charge in [0, 0.05) is 5.75 Å². The van der Waals surface area contributed by atoms with Gasteiger partial charge in [0.1, 0.15) is 0 Å². The van der Waals surface area contributed by atoms with E-state index in [9.17, 15) is 4.21 Å². The third kappa shape index (κ3) is 4.13. The van der Waals surface area contributed by atoms with Crippen molar-refractivity contribution in [3.8, 4) is 0 Å². The van der Waals surface area contributed by atoms with Gasteiger partial charge in [-0.05, 0) is 30.9 Å². The van der Waals surface area contributed by atoms with Crippen molar-refractivity contribution in [1.29, 1.82) is 0 Å². The van der Waals surface area contributed by atoms with Crippen LogP contribution in [0.3, 0.4) is 0 Å². The molecule has 102 valence electrons. The zero-order valence-corrected chi connectivity index (χ0v) is 12.6. The number of rotatable bonds is 7. The molecule has 1 aromatic carbocycles. The number of nitrogen functional groups attached to an aromatic ring is 1. The monoisotopic (exact) mass is 267 g/mol. The van der Waals surface area contributed by atoms with Crippen LogP contribution in [-0.4, -0.2) is 9.96 Å². The van der Waals surface area contributed by atoms with Crippen LogP contribution in [0.1, 0.15) is 45.1 Å². The Morgan fingerprint density at radius 3 is 2.67 bits per heavy atom. The molecule has 0 aromatic heterocycles. The normalized spacial score (nSPS) is 14.4. The highest BCUT2D eigenvalue weighted by Crippen LogP contribution is 2.23. The predicted octanol–water partition coefficient (Wildman–Crippen LogP) is 3.90. The summed E-state index contributed by atoms with van der Waals surface area (Å²) in [5, 5.41) is 0. The summed E-state index contributed by atoms with van der Waals surface area (Å²) in [5.74, 6) is 1.29. The van der Waals surface area contributed by atoms with E-state index >= 15 is 0 Å². The van der Waals surface area contributed by atoms with Crippen LogP contribution >= 0.6 is 0 Å². The molecule has 2 nitrogen and oxygen atoms in total. The molecule has 0 aliphatic carbocycles. The van der Waals surface area contributed by atoms with E-state index in [-0.39, 0.29) is 0 Å². The molecule has 0 saturated carbocycles. The van der Waals surface area contributed by atoms with Crippen LogP contribution in [-0.2, 0) is 10.8 Å². The average molecular weight is 267 g/mol. The summed E-state index contributed by atoms with van der Waals surface area (Å²) < 4.78 is 12.4. The molecule has 0 fully saturated rings. The standard InChI is InChI=1S/C15H25NOS/c1-4-6-9-13(5-2)11-18(17)14-10-7-8-12(3)15(14)16/h7-8,10,13H,4-6,9,11,16H2,1-3H3. The van der Waals surface area contributed by atoms with Gasteiger partial charge in [0.05, 0.1) is 21.4 Å². The second-order valence-electron chi connectivity index (χ2n) is 4.92. The molecule has 0 heterocycles. The summed E-state index contributed by atoms with van der Waals surface area (Å²) in [7, 11) is -0.964. The molecule has 0 aliphatic heterocycles. The van der Waals surface area contributed by atoms with Crippen LogP contribution in [0.15, 0.2) is 23.1 Å². The number of anilines is 1. The lowest BCUT2D eigenvalue weighted by Gasteiger charge is -2.15. The number of unbranched alkanes of at least 4 members (excludes halogenated alkanes) is 1. The van der Waals surface area contributed by atoms with Crippen LogP contribution in [0.2, 0.25) is 0 Å². The lowest BCUT2D eigenvalue weighted by atomic mass is 10.0. The zero-order chi connectivity index (χ0) is 13.5. The molecule has 2 unspecified atom stereocenters. The Labute approximate surface area is 113 Å². The van der Waals surface area contributed by atoms with Crippen LogP contribution in [0.4, 0.5) is 5.69 Å². The molecule has 1 aromatic rings. The van der Waals surface area contributed by atoms with Crippen LogP contribution in [0, 0.1) is 12.8 Å². The SMILES string of the molecule is CCCCC(CC)CS(=O)c1cccc(C)c1N. The average Bonchev–Trinajstić information content (AvgIpc) is 2.37. The predicted molar refractivity (Wildman–Crippen MR) is 80.2 cm³/mol. The van der Waals surface area contributed by atoms with Gasteiger partial charge in [-0.2, -0.15) is 0 Å². The van der Waals surface area contributed by atoms with Crippen LogP contribution < -0.4 is 5.73 Å². The molecule has 2 atom stereocenters. The Hall–Kier alpha value is -0.830. The molecule has 2 N–H and O–H groups in total. The van der Waals surface area contributed by atoms with Gasteiger partial charge in [-0.25, -0.2) is 0 Å². The molecule has 0 spiro atoms. The maximum Gasteiger partial charge on any atom is 0.0620 e. The molecule has 0 saturated heterocycles. The third-order valence-electron chi connectivity index (χ3n) is 3.46. The maximum absolute atomic E-state index is 12.4. The van der Waals surface area contributed by atoms with Crippen LogP contribution in [0.25, 0.3) is 0 Å². The number of hydrogen-bond acceptors (Lipinski definition) is 2. The molecule has 18 heavy (non-hydrogen) atoms. The second-order valence-corrected chi connectivity index (χ2v) is 6.38. The summed E-state index contributed by atoms with van der Waals surface area (Å²) >= 11 is 0. The first-order valence-electron chi connectivity index (χ1n) is 6.83. The Balaban J connectivity index is 2.72. The van der Waals surface area contributed by atoms with Gasteiger partial charge in [0.25, 0.3) is 0 Å². The first-order chi connectivity index (χ1) is 8.60. The summed E-state index contributed by atoms with van der Waals surface area (Å²) in [6.45, 7) is 6.34. The fourth-order valence-electron chi connectivity index (χ4n) is 2.05. The van der Waals surface area contributed by atoms with E-state index in [4.69, 9.17) is 5.73 Å². The molecule has 0 radical (unpaired) electrons. The molecule has 0 amide bonds. The molecule has 1 rings (SSSR count). The van der Waals surface area contributed by atoms with Gasteiger partial charge in [-0.1, -0.05) is 45.2 Å². The number of aryl methyl sites for hydroxylation is 1. The van der Waals surface area contributed by atoms with E-state index in [1.807, 2.05) is 25.1 Å². The van der Waals surface area contributed by atoms with Gasteiger partial charge >= 0.3 is 0 Å². The summed E-state index contributed by atoms with van der Waals surface area (Å²) in [6.07, 6.45) is 4.69.